The Morgan fingerprint density at radius 2 is 2.10 bits per heavy atom. The van der Waals surface area contributed by atoms with Crippen molar-refractivity contribution in [2.75, 3.05) is 26.2 Å². The molecule has 0 unspecified atom stereocenters. The summed E-state index contributed by atoms with van der Waals surface area (Å²) in [6, 6.07) is 4.88. The lowest BCUT2D eigenvalue weighted by atomic mass is 9.89. The zero-order valence-corrected chi connectivity index (χ0v) is 18.2. The molecule has 3 atom stereocenters. The summed E-state index contributed by atoms with van der Waals surface area (Å²) in [4.78, 5) is 31.8. The lowest BCUT2D eigenvalue weighted by molar-refractivity contribution is -0.135. The first-order valence-electron chi connectivity index (χ1n) is 11.1. The van der Waals surface area contributed by atoms with Crippen LogP contribution >= 0.6 is 0 Å². The summed E-state index contributed by atoms with van der Waals surface area (Å²) >= 11 is 0. The summed E-state index contributed by atoms with van der Waals surface area (Å²) in [5.41, 5.74) is 1.93. The molecular formula is C23H31FN4O3. The average molecular weight is 431 g/mol. The van der Waals surface area contributed by atoms with E-state index in [0.717, 1.165) is 37.8 Å². The summed E-state index contributed by atoms with van der Waals surface area (Å²) in [6.45, 7) is 5.44. The third-order valence-electron chi connectivity index (χ3n) is 6.82. The van der Waals surface area contributed by atoms with Gasteiger partial charge in [0, 0.05) is 44.0 Å². The van der Waals surface area contributed by atoms with Gasteiger partial charge >= 0.3 is 0 Å². The van der Waals surface area contributed by atoms with Crippen LogP contribution in [-0.2, 0) is 4.79 Å². The molecule has 7 nitrogen and oxygen atoms in total. The van der Waals surface area contributed by atoms with Crippen molar-refractivity contribution in [2.24, 2.45) is 0 Å². The number of carbonyl (C=O) groups is 2. The second-order valence-electron chi connectivity index (χ2n) is 8.87. The molecule has 3 N–H and O–H groups in total. The van der Waals surface area contributed by atoms with Crippen molar-refractivity contribution in [1.29, 1.82) is 0 Å². The van der Waals surface area contributed by atoms with E-state index in [0.29, 0.717) is 35.7 Å². The average Bonchev–Trinajstić information content (AvgIpc) is 3.23. The van der Waals surface area contributed by atoms with E-state index in [1.165, 1.54) is 6.07 Å². The number of aromatic amines is 1. The molecule has 31 heavy (non-hydrogen) atoms. The molecule has 2 aliphatic rings. The van der Waals surface area contributed by atoms with E-state index in [4.69, 9.17) is 0 Å². The maximum absolute atomic E-state index is 14.1. The lowest BCUT2D eigenvalue weighted by Gasteiger charge is -2.45. The van der Waals surface area contributed by atoms with Gasteiger partial charge in [-0.1, -0.05) is 6.07 Å². The van der Waals surface area contributed by atoms with Crippen LogP contribution in [0.5, 0.6) is 0 Å². The molecule has 0 bridgehead atoms. The number of hydrogen-bond acceptors (Lipinski definition) is 4. The first-order valence-corrected chi connectivity index (χ1v) is 11.1. The van der Waals surface area contributed by atoms with E-state index in [1.807, 2.05) is 6.92 Å². The second-order valence-corrected chi connectivity index (χ2v) is 8.87. The molecule has 1 aliphatic heterocycles. The summed E-state index contributed by atoms with van der Waals surface area (Å²) in [5.74, 6) is -0.551. The second kappa shape index (κ2) is 8.96. The summed E-state index contributed by atoms with van der Waals surface area (Å²) in [7, 11) is 0. The molecule has 0 radical (unpaired) electrons. The van der Waals surface area contributed by atoms with Crippen LogP contribution < -0.4 is 5.32 Å². The maximum atomic E-state index is 14.1. The number of aliphatic hydroxyl groups excluding tert-OH is 1. The minimum absolute atomic E-state index is 0.00232. The molecule has 2 aromatic rings. The Balaban J connectivity index is 1.40. The number of nitrogens with zero attached hydrogens (tertiary/aromatic N) is 2. The topological polar surface area (TPSA) is 88.7 Å². The molecule has 1 saturated carbocycles. The largest absolute Gasteiger partial charge is 0.394 e. The number of piperazine rings is 1. The highest BCUT2D eigenvalue weighted by Crippen LogP contribution is 2.27. The Morgan fingerprint density at radius 1 is 1.29 bits per heavy atom. The number of benzene rings is 1. The van der Waals surface area contributed by atoms with Crippen molar-refractivity contribution < 1.29 is 19.1 Å². The van der Waals surface area contributed by atoms with Gasteiger partial charge < -0.3 is 20.3 Å². The number of aryl methyl sites for hydroxylation is 1. The normalized spacial score (nSPS) is 25.0. The highest BCUT2D eigenvalue weighted by atomic mass is 19.1. The number of hydrogen-bond donors (Lipinski definition) is 3. The number of fused-ring (bicyclic) bond motifs is 1. The third kappa shape index (κ3) is 4.45. The van der Waals surface area contributed by atoms with Gasteiger partial charge in [-0.2, -0.15) is 0 Å². The van der Waals surface area contributed by atoms with Gasteiger partial charge in [0.15, 0.2) is 0 Å². The van der Waals surface area contributed by atoms with Crippen LogP contribution in [0.2, 0.25) is 0 Å². The van der Waals surface area contributed by atoms with Crippen LogP contribution in [0, 0.1) is 12.7 Å². The highest BCUT2D eigenvalue weighted by molar-refractivity contribution is 5.99. The Morgan fingerprint density at radius 3 is 2.81 bits per heavy atom. The van der Waals surface area contributed by atoms with Crippen molar-refractivity contribution in [3.63, 3.8) is 0 Å². The van der Waals surface area contributed by atoms with Gasteiger partial charge in [-0.3, -0.25) is 14.5 Å². The van der Waals surface area contributed by atoms with Gasteiger partial charge in [-0.25, -0.2) is 4.39 Å². The van der Waals surface area contributed by atoms with Crippen LogP contribution in [0.4, 0.5) is 4.39 Å². The molecular weight excluding hydrogens is 399 g/mol. The summed E-state index contributed by atoms with van der Waals surface area (Å²) in [6.07, 6.45) is 3.79. The Hall–Kier alpha value is -2.45. The van der Waals surface area contributed by atoms with Crippen molar-refractivity contribution in [2.45, 2.75) is 57.7 Å². The smallest absolute Gasteiger partial charge is 0.267 e. The molecule has 1 aromatic carbocycles. The predicted octanol–water partition coefficient (Wildman–Crippen LogP) is 2.18. The van der Waals surface area contributed by atoms with Gasteiger partial charge in [0.2, 0.25) is 5.91 Å². The fraction of sp³-hybridized carbons (Fsp3) is 0.565. The van der Waals surface area contributed by atoms with Crippen molar-refractivity contribution >= 4 is 22.7 Å². The van der Waals surface area contributed by atoms with Crippen LogP contribution in [-0.4, -0.2) is 76.1 Å². The van der Waals surface area contributed by atoms with Crippen molar-refractivity contribution in [3.05, 3.63) is 35.3 Å². The molecule has 2 fully saturated rings. The molecule has 0 spiro atoms. The van der Waals surface area contributed by atoms with Gasteiger partial charge in [0.1, 0.15) is 11.5 Å². The van der Waals surface area contributed by atoms with Gasteiger partial charge in [-0.15, -0.1) is 0 Å². The number of amides is 2. The first kappa shape index (κ1) is 21.8. The molecule has 1 aromatic heterocycles. The number of H-pyrrole nitrogens is 1. The molecule has 2 amide bonds. The zero-order chi connectivity index (χ0) is 22.1. The van der Waals surface area contributed by atoms with Crippen LogP contribution in [0.15, 0.2) is 18.2 Å². The van der Waals surface area contributed by atoms with E-state index in [9.17, 15) is 19.1 Å². The van der Waals surface area contributed by atoms with E-state index in [-0.39, 0.29) is 36.3 Å². The zero-order valence-electron chi connectivity index (χ0n) is 18.2. The van der Waals surface area contributed by atoms with Crippen LogP contribution in [0.25, 0.3) is 10.9 Å². The van der Waals surface area contributed by atoms with Gasteiger partial charge in [0.25, 0.3) is 5.91 Å². The van der Waals surface area contributed by atoms with E-state index in [1.54, 1.807) is 24.0 Å². The summed E-state index contributed by atoms with van der Waals surface area (Å²) in [5, 5.41) is 13.3. The number of nitrogens with one attached hydrogen (secondary N) is 2. The highest BCUT2D eigenvalue weighted by Gasteiger charge is 2.34. The van der Waals surface area contributed by atoms with E-state index < -0.39 is 0 Å². The Labute approximate surface area is 181 Å². The third-order valence-corrected chi connectivity index (χ3v) is 6.82. The quantitative estimate of drug-likeness (QED) is 0.694. The predicted molar refractivity (Wildman–Crippen MR) is 116 cm³/mol. The number of carbonyl (C=O) groups excluding carboxylic acids is 2. The van der Waals surface area contributed by atoms with Crippen molar-refractivity contribution in [1.82, 2.24) is 20.1 Å². The van der Waals surface area contributed by atoms with Crippen LogP contribution in [0.1, 0.15) is 48.7 Å². The van der Waals surface area contributed by atoms with Crippen molar-refractivity contribution in [3.8, 4) is 0 Å². The molecule has 1 aliphatic carbocycles. The Bertz CT molecular complexity index is 936. The summed E-state index contributed by atoms with van der Waals surface area (Å²) < 4.78 is 14.1. The number of rotatable bonds is 4. The SMILES string of the molecule is CC(=O)N1CCN([C@H]2CCC[C@@H](NC(=O)c3cc4c(F)ccc(C)c4[nH]3)C2)C[C@@H]1CO. The minimum Gasteiger partial charge on any atom is -0.394 e. The molecule has 1 saturated heterocycles. The molecule has 168 valence electrons. The number of aliphatic hydroxyl groups is 1. The Kier molecular flexibility index (Phi) is 6.29. The van der Waals surface area contributed by atoms with E-state index >= 15 is 0 Å². The van der Waals surface area contributed by atoms with Crippen LogP contribution in [0.3, 0.4) is 0 Å². The monoisotopic (exact) mass is 430 g/mol. The van der Waals surface area contributed by atoms with E-state index in [2.05, 4.69) is 15.2 Å². The number of aromatic nitrogens is 1. The number of halogens is 1. The van der Waals surface area contributed by atoms with Gasteiger partial charge in [0.05, 0.1) is 18.2 Å². The fourth-order valence-corrected chi connectivity index (χ4v) is 5.12. The molecule has 4 rings (SSSR count). The lowest BCUT2D eigenvalue weighted by Crippen LogP contribution is -2.59. The first-order chi connectivity index (χ1) is 14.9. The molecule has 8 heteroatoms. The van der Waals surface area contributed by atoms with Gasteiger partial charge in [-0.05, 0) is 50.3 Å². The standard InChI is InChI=1S/C23H31FN4O3/c1-14-6-7-20(24)19-11-21(26-22(14)19)23(31)25-16-4-3-5-17(10-16)27-8-9-28(15(2)30)18(12-27)13-29/h6-7,11,16-18,26,29H,3-5,8-10,12-13H2,1-2H3,(H,25,31)/t16-,17+,18-/m1/s1. The maximum Gasteiger partial charge on any atom is 0.267 e. The minimum atomic E-state index is -0.336. The molecule has 2 heterocycles. The fourth-order valence-electron chi connectivity index (χ4n) is 5.12.